The summed E-state index contributed by atoms with van der Waals surface area (Å²) in [5.41, 5.74) is 0.494. The van der Waals surface area contributed by atoms with Gasteiger partial charge in [-0.05, 0) is 18.6 Å². The van der Waals surface area contributed by atoms with Crippen LogP contribution in [0.4, 0.5) is 5.69 Å². The topological polar surface area (TPSA) is 148 Å². The molecule has 0 saturated carbocycles. The third-order valence-corrected chi connectivity index (χ3v) is 4.84. The quantitative estimate of drug-likeness (QED) is 0.283. The first-order valence-corrected chi connectivity index (χ1v) is 8.45. The largest absolute Gasteiger partial charge is 0.616 e. The van der Waals surface area contributed by atoms with Gasteiger partial charge in [0.05, 0.1) is 24.7 Å². The number of methoxy groups -OCH3 is 2. The minimum Gasteiger partial charge on any atom is -0.616 e. The summed E-state index contributed by atoms with van der Waals surface area (Å²) >= 11 is 6.22. The number of hydrogen-bond acceptors (Lipinski definition) is 9. The van der Waals surface area contributed by atoms with E-state index < -0.39 is 16.4 Å². The van der Waals surface area contributed by atoms with Crippen LogP contribution < -0.4 is 14.2 Å². The highest BCUT2D eigenvalue weighted by atomic mass is 35.5. The Kier molecular flexibility index (Phi) is 5.16. The van der Waals surface area contributed by atoms with Crippen LogP contribution in [0.5, 0.6) is 17.4 Å². The number of phenols is 1. The van der Waals surface area contributed by atoms with E-state index in [1.807, 2.05) is 0 Å². The molecule has 3 aromatic rings. The lowest BCUT2D eigenvalue weighted by molar-refractivity contribution is -0.618. The molecule has 1 aromatic carbocycles. The van der Waals surface area contributed by atoms with E-state index in [2.05, 4.69) is 10.1 Å². The Morgan fingerprint density at radius 3 is 2.55 bits per heavy atom. The molecule has 29 heavy (non-hydrogen) atoms. The average Bonchev–Trinajstić information content (AvgIpc) is 3.18. The second-order valence-corrected chi connectivity index (χ2v) is 6.31. The first-order valence-electron chi connectivity index (χ1n) is 8.07. The van der Waals surface area contributed by atoms with E-state index >= 15 is 0 Å². The van der Waals surface area contributed by atoms with Crippen molar-refractivity contribution < 1.29 is 28.8 Å². The maximum atomic E-state index is 12.4. The molecule has 0 atom stereocenters. The normalized spacial score (nSPS) is 10.8. The van der Waals surface area contributed by atoms with Gasteiger partial charge in [0.15, 0.2) is 5.75 Å². The van der Waals surface area contributed by atoms with Gasteiger partial charge in [-0.15, -0.1) is 4.73 Å². The molecule has 152 valence electrons. The maximum absolute atomic E-state index is 12.4. The summed E-state index contributed by atoms with van der Waals surface area (Å²) in [4.78, 5) is 14.6. The minimum atomic E-state index is -0.772. The Morgan fingerprint density at radius 2 is 1.97 bits per heavy atom. The van der Waals surface area contributed by atoms with Crippen molar-refractivity contribution in [3.63, 3.8) is 0 Å². The molecule has 0 aliphatic heterocycles. The third-order valence-electron chi connectivity index (χ3n) is 4.29. The highest BCUT2D eigenvalue weighted by Crippen LogP contribution is 2.40. The summed E-state index contributed by atoms with van der Waals surface area (Å²) in [7, 11) is 2.56. The molecule has 0 spiro atoms. The first-order chi connectivity index (χ1) is 13.7. The Hall–Kier alpha value is -3.60. The molecule has 12 heteroatoms. The van der Waals surface area contributed by atoms with Crippen molar-refractivity contribution >= 4 is 17.3 Å². The number of ether oxygens (including phenoxy) is 2. The number of rotatable bonds is 5. The van der Waals surface area contributed by atoms with E-state index in [9.17, 15) is 20.4 Å². The van der Waals surface area contributed by atoms with Gasteiger partial charge in [-0.2, -0.15) is 4.98 Å². The molecule has 0 fully saturated rings. The highest BCUT2D eigenvalue weighted by Gasteiger charge is 2.29. The van der Waals surface area contributed by atoms with E-state index in [1.54, 1.807) is 6.92 Å². The van der Waals surface area contributed by atoms with Gasteiger partial charge in [-0.25, -0.2) is 0 Å². The van der Waals surface area contributed by atoms with Gasteiger partial charge >= 0.3 is 11.6 Å². The average molecular weight is 423 g/mol. The predicted molar refractivity (Wildman–Crippen MR) is 100 cm³/mol. The van der Waals surface area contributed by atoms with Gasteiger partial charge in [-0.1, -0.05) is 16.8 Å². The molecule has 0 aliphatic carbocycles. The summed E-state index contributed by atoms with van der Waals surface area (Å²) in [5.74, 6) is -0.951. The number of phenolic OH excluding ortho intramolecular Hbond substituents is 1. The highest BCUT2D eigenvalue weighted by molar-refractivity contribution is 6.32. The van der Waals surface area contributed by atoms with Crippen LogP contribution >= 0.6 is 11.6 Å². The molecule has 3 rings (SSSR count). The predicted octanol–water partition coefficient (Wildman–Crippen LogP) is 2.94. The van der Waals surface area contributed by atoms with Crippen molar-refractivity contribution in [2.24, 2.45) is 0 Å². The molecule has 0 amide bonds. The zero-order valence-electron chi connectivity index (χ0n) is 15.7. The number of benzene rings is 1. The molecule has 1 N–H and O–H groups in total. The van der Waals surface area contributed by atoms with Crippen molar-refractivity contribution in [2.75, 3.05) is 14.2 Å². The number of aromatic nitrogens is 3. The van der Waals surface area contributed by atoms with E-state index in [4.69, 9.17) is 25.6 Å². The molecule has 2 aromatic heterocycles. The second-order valence-electron chi connectivity index (χ2n) is 5.93. The van der Waals surface area contributed by atoms with Crippen LogP contribution in [0.25, 0.3) is 22.8 Å². The van der Waals surface area contributed by atoms with E-state index in [1.165, 1.54) is 27.2 Å². The summed E-state index contributed by atoms with van der Waals surface area (Å²) in [6, 6.07) is 2.37. The van der Waals surface area contributed by atoms with Crippen molar-refractivity contribution in [3.05, 3.63) is 43.7 Å². The fraction of sp³-hybridized carbons (Fsp3) is 0.235. The molecular formula is C17H15ClN4O7. The molecule has 0 aliphatic rings. The molecular weight excluding hydrogens is 408 g/mol. The lowest BCUT2D eigenvalue weighted by atomic mass is 10.1. The van der Waals surface area contributed by atoms with Crippen LogP contribution in [0.3, 0.4) is 0 Å². The van der Waals surface area contributed by atoms with Gasteiger partial charge in [0.1, 0.15) is 10.6 Å². The Balaban J connectivity index is 2.20. The Labute approximate surface area is 168 Å². The molecule has 0 radical (unpaired) electrons. The van der Waals surface area contributed by atoms with Crippen LogP contribution in [-0.4, -0.2) is 34.4 Å². The molecule has 0 saturated heterocycles. The van der Waals surface area contributed by atoms with Crippen LogP contribution in [0, 0.1) is 29.2 Å². The molecule has 0 bridgehead atoms. The van der Waals surface area contributed by atoms with Crippen molar-refractivity contribution in [1.29, 1.82) is 0 Å². The van der Waals surface area contributed by atoms with Gasteiger partial charge in [-0.3, -0.25) is 10.1 Å². The third kappa shape index (κ3) is 3.25. The van der Waals surface area contributed by atoms with Gasteiger partial charge < -0.3 is 24.3 Å². The van der Waals surface area contributed by atoms with Crippen molar-refractivity contribution in [1.82, 2.24) is 10.1 Å². The number of halogens is 1. The number of nitro benzene ring substituents is 1. The lowest BCUT2D eigenvalue weighted by Gasteiger charge is -2.12. The molecule has 0 unspecified atom stereocenters. The molecule has 2 heterocycles. The van der Waals surface area contributed by atoms with Gasteiger partial charge in [0, 0.05) is 13.0 Å². The van der Waals surface area contributed by atoms with Crippen LogP contribution in [0.15, 0.2) is 16.7 Å². The fourth-order valence-electron chi connectivity index (χ4n) is 2.79. The van der Waals surface area contributed by atoms with Gasteiger partial charge in [0.2, 0.25) is 17.3 Å². The standard InChI is InChI=1S/C17H15ClN4O7/c1-7-12(17(28-4)21(24)8(2)13(7)18)15-19-16(29-20-15)9-5-10(22(25)26)14(23)11(6-9)27-3/h5-6,23H,1-4H3. The minimum absolute atomic E-state index is 0.00413. The molecule has 11 nitrogen and oxygen atoms in total. The zero-order chi connectivity index (χ0) is 21.5. The van der Waals surface area contributed by atoms with E-state index in [-0.39, 0.29) is 45.2 Å². The van der Waals surface area contributed by atoms with Crippen molar-refractivity contribution in [2.45, 2.75) is 13.8 Å². The van der Waals surface area contributed by atoms with Crippen molar-refractivity contribution in [3.8, 4) is 40.2 Å². The summed E-state index contributed by atoms with van der Waals surface area (Å²) < 4.78 is 15.9. The van der Waals surface area contributed by atoms with E-state index in [0.717, 1.165) is 6.07 Å². The van der Waals surface area contributed by atoms with E-state index in [0.29, 0.717) is 10.3 Å². The lowest BCUT2D eigenvalue weighted by Crippen LogP contribution is -2.33. The number of aromatic hydroxyl groups is 1. The van der Waals surface area contributed by atoms with Crippen LogP contribution in [0.1, 0.15) is 11.3 Å². The summed E-state index contributed by atoms with van der Waals surface area (Å²) in [6.45, 7) is 3.20. The number of nitro groups is 1. The summed E-state index contributed by atoms with van der Waals surface area (Å²) in [6.07, 6.45) is 0. The summed E-state index contributed by atoms with van der Waals surface area (Å²) in [5, 5.41) is 37.5. The second kappa shape index (κ2) is 7.43. The Morgan fingerprint density at radius 1 is 1.28 bits per heavy atom. The number of nitrogens with zero attached hydrogens (tertiary/aromatic N) is 4. The van der Waals surface area contributed by atoms with Crippen LogP contribution in [-0.2, 0) is 0 Å². The number of hydrogen-bond donors (Lipinski definition) is 1. The SMILES string of the molecule is COc1cc(-c2nc(-c3c(C)c(Cl)c(C)[n+]([O-])c3OC)no2)cc([N+](=O)[O-])c1O. The Bertz CT molecular complexity index is 1130. The monoisotopic (exact) mass is 422 g/mol. The smallest absolute Gasteiger partial charge is 0.391 e. The number of pyridine rings is 1. The van der Waals surface area contributed by atoms with Gasteiger partial charge in [0.25, 0.3) is 5.89 Å². The van der Waals surface area contributed by atoms with Crippen LogP contribution in [0.2, 0.25) is 5.02 Å². The fourth-order valence-corrected chi connectivity index (χ4v) is 2.96. The first kappa shape index (κ1) is 20.1. The zero-order valence-corrected chi connectivity index (χ0v) is 16.5. The maximum Gasteiger partial charge on any atom is 0.391 e.